The summed E-state index contributed by atoms with van der Waals surface area (Å²) in [5.41, 5.74) is 5.49. The number of unbranched alkanes of at least 4 members (excludes halogenated alkanes) is 1. The van der Waals surface area contributed by atoms with Crippen molar-refractivity contribution in [3.63, 3.8) is 0 Å². The lowest BCUT2D eigenvalue weighted by atomic mass is 10.2. The predicted octanol–water partition coefficient (Wildman–Crippen LogP) is 4.98. The summed E-state index contributed by atoms with van der Waals surface area (Å²) in [7, 11) is -4.18. The van der Waals surface area contributed by atoms with E-state index in [-0.39, 0.29) is 28.2 Å². The van der Waals surface area contributed by atoms with Crippen LogP contribution < -0.4 is 17.0 Å². The number of aliphatic imine (C=N–C) groups is 1. The Morgan fingerprint density at radius 2 is 1.68 bits per heavy atom. The number of rotatable bonds is 9. The molecule has 1 aromatic heterocycles. The van der Waals surface area contributed by atoms with Crippen molar-refractivity contribution in [2.24, 2.45) is 10.7 Å². The van der Waals surface area contributed by atoms with Crippen molar-refractivity contribution in [1.82, 2.24) is 9.13 Å². The smallest absolute Gasteiger partial charge is 0.340 e. The van der Waals surface area contributed by atoms with Gasteiger partial charge < -0.3 is 19.3 Å². The molecular weight excluding hydrogens is 516 g/mol. The first kappa shape index (κ1) is 32.7. The Balaban J connectivity index is 2.48. The zero-order chi connectivity index (χ0) is 29.3. The topological polar surface area (TPSA) is 110 Å². The summed E-state index contributed by atoms with van der Waals surface area (Å²) < 4.78 is 22.3. The summed E-state index contributed by atoms with van der Waals surface area (Å²) in [4.78, 5) is 30.7. The lowest BCUT2D eigenvalue weighted by Crippen LogP contribution is -2.48. The van der Waals surface area contributed by atoms with Crippen LogP contribution in [0.25, 0.3) is 0 Å². The molecule has 1 aliphatic rings. The minimum absolute atomic E-state index is 0.0139. The summed E-state index contributed by atoms with van der Waals surface area (Å²) in [5, 5.41) is 0.0684. The number of aromatic nitrogens is 2. The van der Waals surface area contributed by atoms with Gasteiger partial charge in [-0.1, -0.05) is 54.9 Å². The maximum atomic E-state index is 13.5. The third kappa shape index (κ3) is 7.35. The van der Waals surface area contributed by atoms with Gasteiger partial charge in [0.1, 0.15) is 12.3 Å². The van der Waals surface area contributed by atoms with Gasteiger partial charge >= 0.3 is 5.69 Å². The fourth-order valence-corrected chi connectivity index (χ4v) is 6.11. The van der Waals surface area contributed by atoms with Crippen molar-refractivity contribution in [1.29, 1.82) is 0 Å². The number of ether oxygens (including phenoxy) is 1. The summed E-state index contributed by atoms with van der Waals surface area (Å²) in [6.07, 6.45) is 2.60. The van der Waals surface area contributed by atoms with E-state index in [0.717, 1.165) is 17.4 Å². The first-order valence-electron chi connectivity index (χ1n) is 13.9. The van der Waals surface area contributed by atoms with E-state index in [9.17, 15) is 9.59 Å². The van der Waals surface area contributed by atoms with Crippen LogP contribution in [0.4, 0.5) is 0 Å². The molecule has 3 atom stereocenters. The van der Waals surface area contributed by atoms with E-state index >= 15 is 0 Å². The molecular formula is C27H52N4O5Si2. The van der Waals surface area contributed by atoms with Crippen LogP contribution in [0.2, 0.25) is 36.3 Å². The minimum atomic E-state index is -2.14. The van der Waals surface area contributed by atoms with Crippen LogP contribution in [-0.2, 0) is 13.6 Å². The zero-order valence-electron chi connectivity index (χ0n) is 25.8. The van der Waals surface area contributed by atoms with Crippen molar-refractivity contribution >= 4 is 22.6 Å². The molecule has 218 valence electrons. The molecule has 0 aliphatic carbocycles. The third-order valence-corrected chi connectivity index (χ3v) is 17.5. The fourth-order valence-electron chi connectivity index (χ4n) is 3.74. The van der Waals surface area contributed by atoms with Crippen molar-refractivity contribution in [2.45, 2.75) is 129 Å². The number of hydrogen-bond donors (Lipinski definition) is 1. The molecule has 1 aliphatic heterocycles. The van der Waals surface area contributed by atoms with Crippen molar-refractivity contribution in [2.75, 3.05) is 13.2 Å². The summed E-state index contributed by atoms with van der Waals surface area (Å²) in [6.45, 7) is 26.7. The number of nitrogens with two attached hydrogens (primary N) is 1. The van der Waals surface area contributed by atoms with Gasteiger partial charge in [0.05, 0.1) is 12.7 Å². The fraction of sp³-hybridized carbons (Fsp3) is 0.815. The maximum Gasteiger partial charge on any atom is 0.340 e. The Labute approximate surface area is 231 Å². The largest absolute Gasteiger partial charge is 0.414 e. The molecule has 0 bridgehead atoms. The van der Waals surface area contributed by atoms with Crippen LogP contribution in [0.1, 0.15) is 79.5 Å². The van der Waals surface area contributed by atoms with Crippen LogP contribution in [0.5, 0.6) is 0 Å². The van der Waals surface area contributed by atoms with Gasteiger partial charge in [0.15, 0.2) is 16.6 Å². The molecule has 1 fully saturated rings. The molecule has 2 heterocycles. The first-order chi connectivity index (χ1) is 17.2. The van der Waals surface area contributed by atoms with Gasteiger partial charge in [-0.2, -0.15) is 4.57 Å². The van der Waals surface area contributed by atoms with E-state index < -0.39 is 34.1 Å². The van der Waals surface area contributed by atoms with Crippen molar-refractivity contribution < 1.29 is 13.6 Å². The number of aryl methyl sites for hydroxylation is 1. The average Bonchev–Trinajstić information content (AvgIpc) is 3.15. The molecule has 0 aromatic carbocycles. The van der Waals surface area contributed by atoms with Gasteiger partial charge in [0.25, 0.3) is 5.56 Å². The van der Waals surface area contributed by atoms with Crippen LogP contribution in [-0.4, -0.2) is 57.1 Å². The maximum absolute atomic E-state index is 13.5. The molecule has 2 rings (SSSR count). The molecule has 0 amide bonds. The van der Waals surface area contributed by atoms with Crippen LogP contribution >= 0.6 is 0 Å². The molecule has 0 saturated carbocycles. The predicted molar refractivity (Wildman–Crippen MR) is 160 cm³/mol. The Hall–Kier alpha value is -1.54. The second-order valence-electron chi connectivity index (χ2n) is 13.6. The molecule has 0 spiro atoms. The Morgan fingerprint density at radius 1 is 1.11 bits per heavy atom. The highest BCUT2D eigenvalue weighted by Crippen LogP contribution is 2.42. The highest BCUT2D eigenvalue weighted by Gasteiger charge is 2.47. The lowest BCUT2D eigenvalue weighted by molar-refractivity contribution is -0.0414. The minimum Gasteiger partial charge on any atom is -0.414 e. The molecule has 2 N–H and O–H groups in total. The molecule has 11 heteroatoms. The van der Waals surface area contributed by atoms with Crippen LogP contribution in [0, 0.1) is 6.92 Å². The van der Waals surface area contributed by atoms with Gasteiger partial charge in [-0.15, -0.1) is 0 Å². The summed E-state index contributed by atoms with van der Waals surface area (Å²) in [6, 6.07) is 0. The van der Waals surface area contributed by atoms with Gasteiger partial charge in [-0.05, 0) is 49.6 Å². The van der Waals surface area contributed by atoms with E-state index in [0.29, 0.717) is 25.1 Å². The highest BCUT2D eigenvalue weighted by atomic mass is 28.4. The van der Waals surface area contributed by atoms with E-state index in [1.807, 2.05) is 6.92 Å². The second-order valence-corrected chi connectivity index (χ2v) is 23.2. The Morgan fingerprint density at radius 3 is 2.21 bits per heavy atom. The Kier molecular flexibility index (Phi) is 10.2. The molecule has 1 saturated heterocycles. The number of nitrogens with zero attached hydrogens (tertiary/aromatic N) is 3. The van der Waals surface area contributed by atoms with E-state index in [2.05, 4.69) is 72.7 Å². The zero-order valence-corrected chi connectivity index (χ0v) is 27.8. The van der Waals surface area contributed by atoms with Gasteiger partial charge in [-0.25, -0.2) is 4.79 Å². The Bertz CT molecular complexity index is 1110. The normalized spacial score (nSPS) is 21.8. The monoisotopic (exact) mass is 568 g/mol. The van der Waals surface area contributed by atoms with Gasteiger partial charge in [0.2, 0.25) is 5.96 Å². The molecule has 0 radical (unpaired) electrons. The summed E-state index contributed by atoms with van der Waals surface area (Å²) >= 11 is 0. The van der Waals surface area contributed by atoms with Crippen LogP contribution in [0.3, 0.4) is 0 Å². The average molecular weight is 569 g/mol. The lowest BCUT2D eigenvalue weighted by Gasteiger charge is -2.40. The van der Waals surface area contributed by atoms with E-state index in [1.54, 1.807) is 13.1 Å². The third-order valence-electron chi connectivity index (χ3n) is 8.46. The quantitative estimate of drug-likeness (QED) is 0.195. The molecule has 1 aromatic rings. The van der Waals surface area contributed by atoms with Crippen molar-refractivity contribution in [3.05, 3.63) is 32.6 Å². The van der Waals surface area contributed by atoms with E-state index in [4.69, 9.17) is 19.3 Å². The summed E-state index contributed by atoms with van der Waals surface area (Å²) in [5.74, 6) is -0.0872. The number of hydrogen-bond acceptors (Lipinski definition) is 6. The molecule has 9 nitrogen and oxygen atoms in total. The SMILES string of the molecule is CCCCN=C(N)n1c(=O)c(C)cn([C@H]2C[C@H](O[Si](C)(C)C(C)(C)C)[C@@H](CO[Si](C)(C)C(C)(C)C)O2)c1=O. The molecule has 38 heavy (non-hydrogen) atoms. The van der Waals surface area contributed by atoms with Crippen molar-refractivity contribution in [3.8, 4) is 0 Å². The standard InChI is InChI=1S/C27H52N4O5Si2/c1-13-14-15-29-24(28)31-23(32)19(2)17-30(25(31)33)22-16-20(36-38(11,12)27(6,7)8)21(35-22)18-34-37(9,10)26(3,4)5/h17,20-22H,13-16,18H2,1-12H3,(H2,28,29)/t20-,21+,22+/m0/s1. The highest BCUT2D eigenvalue weighted by molar-refractivity contribution is 6.74. The van der Waals surface area contributed by atoms with E-state index in [1.165, 1.54) is 4.57 Å². The second kappa shape index (κ2) is 11.9. The van der Waals surface area contributed by atoms with Crippen LogP contribution in [0.15, 0.2) is 20.8 Å². The van der Waals surface area contributed by atoms with Gasteiger partial charge in [-0.3, -0.25) is 14.4 Å². The molecule has 0 unspecified atom stereocenters. The first-order valence-corrected chi connectivity index (χ1v) is 19.7. The van der Waals surface area contributed by atoms with Gasteiger partial charge in [0, 0.05) is 24.7 Å².